The van der Waals surface area contributed by atoms with Crippen LogP contribution in [0.4, 0.5) is 0 Å². The van der Waals surface area contributed by atoms with Crippen LogP contribution in [0.15, 0.2) is 50.0 Å². The zero-order chi connectivity index (χ0) is 29.3. The monoisotopic (exact) mass is 566 g/mol. The fraction of sp³-hybridized carbons (Fsp3) is 0.333. The van der Waals surface area contributed by atoms with Crippen molar-refractivity contribution in [2.24, 2.45) is 5.92 Å². The highest BCUT2D eigenvalue weighted by Gasteiger charge is 2.29. The first kappa shape index (κ1) is 28.9. The van der Waals surface area contributed by atoms with Crippen LogP contribution in [0.5, 0.6) is 0 Å². The van der Waals surface area contributed by atoms with E-state index in [4.69, 9.17) is 20.4 Å². The third kappa shape index (κ3) is 6.04. The lowest BCUT2D eigenvalue weighted by Crippen LogP contribution is -2.54. The molecule has 2 aromatic heterocycles. The SMILES string of the molecule is Cc1oc2cc3oc(=O)c(CC(=O)NC(Cc4ccc(Cl)cc4)C(=O)NC(C(=O)O)C(C)C)c(C)c3cc2c1C. The maximum absolute atomic E-state index is 13.2. The van der Waals surface area contributed by atoms with Crippen LogP contribution in [0.3, 0.4) is 0 Å². The van der Waals surface area contributed by atoms with E-state index in [1.54, 1.807) is 51.1 Å². The van der Waals surface area contributed by atoms with Gasteiger partial charge < -0.3 is 24.6 Å². The van der Waals surface area contributed by atoms with Gasteiger partial charge in [0.05, 0.1) is 12.0 Å². The topological polar surface area (TPSA) is 139 Å². The molecule has 0 radical (unpaired) electrons. The largest absolute Gasteiger partial charge is 0.480 e. The Kier molecular flexibility index (Phi) is 8.34. The van der Waals surface area contributed by atoms with Crippen LogP contribution in [0.1, 0.15) is 41.9 Å². The van der Waals surface area contributed by atoms with Crippen molar-refractivity contribution in [1.82, 2.24) is 10.6 Å². The molecule has 0 aliphatic heterocycles. The van der Waals surface area contributed by atoms with E-state index in [0.29, 0.717) is 32.7 Å². The Bertz CT molecular complexity index is 1670. The van der Waals surface area contributed by atoms with Crippen LogP contribution in [-0.4, -0.2) is 35.0 Å². The average Bonchev–Trinajstić information content (AvgIpc) is 3.16. The molecular weight excluding hydrogens is 536 g/mol. The van der Waals surface area contributed by atoms with Crippen LogP contribution in [0.2, 0.25) is 5.02 Å². The van der Waals surface area contributed by atoms with Gasteiger partial charge in [0.2, 0.25) is 11.8 Å². The number of rotatable bonds is 9. The molecule has 2 atom stereocenters. The summed E-state index contributed by atoms with van der Waals surface area (Å²) in [6.07, 6.45) is -0.246. The van der Waals surface area contributed by atoms with Gasteiger partial charge in [-0.2, -0.15) is 0 Å². The number of fused-ring (bicyclic) bond motifs is 2. The maximum Gasteiger partial charge on any atom is 0.340 e. The summed E-state index contributed by atoms with van der Waals surface area (Å²) in [6, 6.07) is 8.06. The van der Waals surface area contributed by atoms with E-state index in [2.05, 4.69) is 10.6 Å². The maximum atomic E-state index is 13.2. The van der Waals surface area contributed by atoms with Gasteiger partial charge in [-0.1, -0.05) is 37.6 Å². The number of aryl methyl sites for hydroxylation is 3. The van der Waals surface area contributed by atoms with Gasteiger partial charge in [0.25, 0.3) is 0 Å². The van der Waals surface area contributed by atoms with Crippen molar-refractivity contribution in [1.29, 1.82) is 0 Å². The van der Waals surface area contributed by atoms with E-state index in [1.165, 1.54) is 0 Å². The highest BCUT2D eigenvalue weighted by Crippen LogP contribution is 2.31. The molecule has 2 amide bonds. The van der Waals surface area contributed by atoms with Gasteiger partial charge in [-0.15, -0.1) is 0 Å². The Morgan fingerprint density at radius 2 is 1.55 bits per heavy atom. The van der Waals surface area contributed by atoms with Crippen molar-refractivity contribution in [3.63, 3.8) is 0 Å². The summed E-state index contributed by atoms with van der Waals surface area (Å²) in [5.74, 6) is -2.04. The van der Waals surface area contributed by atoms with Crippen LogP contribution in [0.25, 0.3) is 21.9 Å². The lowest BCUT2D eigenvalue weighted by molar-refractivity contribution is -0.143. The van der Waals surface area contributed by atoms with Gasteiger partial charge >= 0.3 is 11.6 Å². The van der Waals surface area contributed by atoms with Gasteiger partial charge in [-0.25, -0.2) is 9.59 Å². The second-order valence-corrected chi connectivity index (χ2v) is 10.8. The summed E-state index contributed by atoms with van der Waals surface area (Å²) in [5.41, 5.74) is 2.72. The molecule has 4 aromatic rings. The number of amides is 2. The van der Waals surface area contributed by atoms with Gasteiger partial charge in [0.15, 0.2) is 0 Å². The molecule has 0 bridgehead atoms. The summed E-state index contributed by atoms with van der Waals surface area (Å²) < 4.78 is 11.3. The summed E-state index contributed by atoms with van der Waals surface area (Å²) >= 11 is 5.98. The molecule has 210 valence electrons. The number of carboxylic acids is 1. The minimum atomic E-state index is -1.18. The smallest absolute Gasteiger partial charge is 0.340 e. The Hall–Kier alpha value is -4.11. The number of halogens is 1. The zero-order valence-corrected chi connectivity index (χ0v) is 23.6. The number of carboxylic acid groups (broad SMARTS) is 1. The van der Waals surface area contributed by atoms with E-state index >= 15 is 0 Å². The van der Waals surface area contributed by atoms with E-state index in [0.717, 1.165) is 16.7 Å². The number of aliphatic carboxylic acids is 1. The molecule has 2 heterocycles. The number of carbonyl (C=O) groups is 3. The van der Waals surface area contributed by atoms with E-state index in [1.807, 2.05) is 19.9 Å². The molecule has 9 nitrogen and oxygen atoms in total. The number of furan rings is 1. The summed E-state index contributed by atoms with van der Waals surface area (Å²) in [7, 11) is 0. The predicted octanol–water partition coefficient (Wildman–Crippen LogP) is 4.61. The normalized spacial score (nSPS) is 13.0. The molecule has 0 fully saturated rings. The van der Waals surface area contributed by atoms with Crippen molar-refractivity contribution in [2.75, 3.05) is 0 Å². The Morgan fingerprint density at radius 1 is 0.925 bits per heavy atom. The van der Waals surface area contributed by atoms with Crippen molar-refractivity contribution in [3.05, 3.63) is 79.9 Å². The number of hydrogen-bond acceptors (Lipinski definition) is 6. The van der Waals surface area contributed by atoms with Crippen LogP contribution < -0.4 is 16.3 Å². The van der Waals surface area contributed by atoms with Gasteiger partial charge in [0.1, 0.15) is 29.0 Å². The van der Waals surface area contributed by atoms with Crippen molar-refractivity contribution in [2.45, 2.75) is 59.5 Å². The molecular formula is C30H31ClN2O7. The first-order chi connectivity index (χ1) is 18.8. The van der Waals surface area contributed by atoms with Crippen LogP contribution >= 0.6 is 11.6 Å². The molecule has 0 aliphatic rings. The van der Waals surface area contributed by atoms with E-state index in [-0.39, 0.29) is 24.3 Å². The molecule has 3 N–H and O–H groups in total. The van der Waals surface area contributed by atoms with Crippen molar-refractivity contribution >= 4 is 51.3 Å². The molecule has 0 saturated carbocycles. The third-order valence-corrected chi connectivity index (χ3v) is 7.41. The van der Waals surface area contributed by atoms with Crippen molar-refractivity contribution < 1.29 is 28.3 Å². The number of benzene rings is 2. The first-order valence-electron chi connectivity index (χ1n) is 12.9. The Balaban J connectivity index is 1.62. The van der Waals surface area contributed by atoms with Gasteiger partial charge in [0, 0.05) is 28.3 Å². The Labute approximate surface area is 235 Å². The number of carbonyl (C=O) groups excluding carboxylic acids is 2. The first-order valence-corrected chi connectivity index (χ1v) is 13.3. The fourth-order valence-electron chi connectivity index (χ4n) is 4.67. The Morgan fingerprint density at radius 3 is 2.17 bits per heavy atom. The standard InChI is InChI=1S/C30H31ClN2O7/c1-14(2)27(29(36)37)33-28(35)23(10-18-6-8-19(31)9-7-18)32-26(34)12-22-16(4)21-11-20-15(3)17(5)39-24(20)13-25(21)40-30(22)38/h6-9,11,13-14,23,27H,10,12H2,1-5H3,(H,32,34)(H,33,35)(H,36,37). The molecule has 0 aliphatic carbocycles. The van der Waals surface area contributed by atoms with E-state index in [9.17, 15) is 24.3 Å². The predicted molar refractivity (Wildman–Crippen MR) is 152 cm³/mol. The summed E-state index contributed by atoms with van der Waals surface area (Å²) in [6.45, 7) is 8.89. The minimum absolute atomic E-state index is 0.0849. The quantitative estimate of drug-likeness (QED) is 0.251. The number of nitrogens with one attached hydrogen (secondary N) is 2. The van der Waals surface area contributed by atoms with Crippen LogP contribution in [-0.2, 0) is 27.2 Å². The molecule has 4 rings (SSSR count). The lowest BCUT2D eigenvalue weighted by Gasteiger charge is -2.23. The highest BCUT2D eigenvalue weighted by molar-refractivity contribution is 6.30. The summed E-state index contributed by atoms with van der Waals surface area (Å²) in [5, 5.41) is 16.8. The van der Waals surface area contributed by atoms with Crippen molar-refractivity contribution in [3.8, 4) is 0 Å². The second-order valence-electron chi connectivity index (χ2n) is 10.3. The molecule has 40 heavy (non-hydrogen) atoms. The van der Waals surface area contributed by atoms with E-state index < -0.39 is 35.5 Å². The molecule has 2 aromatic carbocycles. The highest BCUT2D eigenvalue weighted by atomic mass is 35.5. The lowest BCUT2D eigenvalue weighted by atomic mass is 10.00. The molecule has 2 unspecified atom stereocenters. The molecule has 0 saturated heterocycles. The van der Waals surface area contributed by atoms with Gasteiger partial charge in [-0.3, -0.25) is 9.59 Å². The zero-order valence-electron chi connectivity index (χ0n) is 22.9. The summed E-state index contributed by atoms with van der Waals surface area (Å²) in [4.78, 5) is 51.0. The second kappa shape index (κ2) is 11.6. The average molecular weight is 567 g/mol. The fourth-order valence-corrected chi connectivity index (χ4v) is 4.79. The van der Waals surface area contributed by atoms with Gasteiger partial charge in [-0.05, 0) is 61.6 Å². The number of hydrogen-bond donors (Lipinski definition) is 3. The van der Waals surface area contributed by atoms with Crippen LogP contribution in [0, 0.1) is 26.7 Å². The molecule has 10 heteroatoms. The third-order valence-electron chi connectivity index (χ3n) is 7.16. The minimum Gasteiger partial charge on any atom is -0.480 e. The molecule has 0 spiro atoms.